The maximum atomic E-state index is 12.4. The van der Waals surface area contributed by atoms with E-state index in [9.17, 15) is 19.2 Å². The molecule has 0 fully saturated rings. The number of methoxy groups -OCH3 is 1. The number of hydrogen-bond donors (Lipinski definition) is 1. The first-order valence-corrected chi connectivity index (χ1v) is 11.0. The fraction of sp³-hybridized carbons (Fsp3) is 0.360. The van der Waals surface area contributed by atoms with Crippen molar-refractivity contribution in [2.45, 2.75) is 32.1 Å². The summed E-state index contributed by atoms with van der Waals surface area (Å²) < 4.78 is 20.2. The number of ether oxygens (including phenoxy) is 4. The van der Waals surface area contributed by atoms with Gasteiger partial charge >= 0.3 is 24.0 Å². The molecule has 0 saturated heterocycles. The van der Waals surface area contributed by atoms with Crippen LogP contribution < -0.4 is 14.8 Å². The fourth-order valence-corrected chi connectivity index (χ4v) is 2.97. The number of nitrogens with one attached hydrogen (secondary N) is 1. The minimum absolute atomic E-state index is 0.0493. The Morgan fingerprint density at radius 1 is 0.824 bits per heavy atom. The summed E-state index contributed by atoms with van der Waals surface area (Å²) in [4.78, 5) is 47.8. The topological polar surface area (TPSA) is 117 Å². The molecule has 0 saturated carbocycles. The summed E-state index contributed by atoms with van der Waals surface area (Å²) in [5.41, 5.74) is 0. The van der Waals surface area contributed by atoms with Gasteiger partial charge in [-0.05, 0) is 37.1 Å². The van der Waals surface area contributed by atoms with Crippen molar-refractivity contribution >= 4 is 24.0 Å². The van der Waals surface area contributed by atoms with E-state index in [0.29, 0.717) is 30.8 Å². The van der Waals surface area contributed by atoms with Gasteiger partial charge in [0.15, 0.2) is 0 Å². The highest BCUT2D eigenvalue weighted by Crippen LogP contribution is 2.17. The average molecular weight is 472 g/mol. The van der Waals surface area contributed by atoms with Crippen molar-refractivity contribution in [2.24, 2.45) is 5.92 Å². The Hall–Kier alpha value is -3.88. The largest absolute Gasteiger partial charge is 0.469 e. The Labute approximate surface area is 198 Å². The Kier molecular flexibility index (Phi) is 11.7. The number of esters is 3. The summed E-state index contributed by atoms with van der Waals surface area (Å²) >= 11 is 0. The Bertz CT molecular complexity index is 917. The molecule has 2 rings (SSSR count). The van der Waals surface area contributed by atoms with Gasteiger partial charge < -0.3 is 24.3 Å². The van der Waals surface area contributed by atoms with E-state index in [0.717, 1.165) is 0 Å². The minimum atomic E-state index is -0.714. The fourth-order valence-electron chi connectivity index (χ4n) is 2.97. The van der Waals surface area contributed by atoms with Crippen LogP contribution >= 0.6 is 0 Å². The molecule has 0 heterocycles. The monoisotopic (exact) mass is 471 g/mol. The highest BCUT2D eigenvalue weighted by molar-refractivity contribution is 5.80. The van der Waals surface area contributed by atoms with Crippen molar-refractivity contribution in [3.63, 3.8) is 0 Å². The third-order valence-corrected chi connectivity index (χ3v) is 4.70. The summed E-state index contributed by atoms with van der Waals surface area (Å²) in [5.74, 6) is -1.32. The van der Waals surface area contributed by atoms with Gasteiger partial charge in [0.25, 0.3) is 0 Å². The van der Waals surface area contributed by atoms with Gasteiger partial charge in [-0.3, -0.25) is 14.4 Å². The normalized spacial score (nSPS) is 11.1. The number of carbonyl (C=O) groups excluding carboxylic acids is 4. The molecule has 2 aromatic rings. The lowest BCUT2D eigenvalue weighted by atomic mass is 9.98. The van der Waals surface area contributed by atoms with Crippen LogP contribution in [0.25, 0.3) is 0 Å². The molecule has 0 aliphatic rings. The van der Waals surface area contributed by atoms with Gasteiger partial charge in [0.2, 0.25) is 0 Å². The molecule has 0 spiro atoms. The first-order valence-electron chi connectivity index (χ1n) is 11.0. The molecule has 0 radical (unpaired) electrons. The van der Waals surface area contributed by atoms with Crippen molar-refractivity contribution in [1.29, 1.82) is 0 Å². The van der Waals surface area contributed by atoms with Crippen molar-refractivity contribution in [3.8, 4) is 11.5 Å². The second-order valence-electron chi connectivity index (χ2n) is 7.31. The van der Waals surface area contributed by atoms with E-state index in [1.807, 2.05) is 6.07 Å². The quantitative estimate of drug-likeness (QED) is 0.267. The third-order valence-electron chi connectivity index (χ3n) is 4.70. The molecule has 1 unspecified atom stereocenters. The molecule has 1 atom stereocenters. The zero-order valence-electron chi connectivity index (χ0n) is 19.1. The molecule has 0 aromatic heterocycles. The number of unbranched alkanes of at least 4 members (excludes halogenated alkanes) is 1. The molecule has 0 aliphatic heterocycles. The van der Waals surface area contributed by atoms with Crippen LogP contribution in [-0.4, -0.2) is 44.3 Å². The maximum Gasteiger partial charge on any atom is 0.412 e. The lowest BCUT2D eigenvalue weighted by molar-refractivity contribution is -0.154. The first kappa shape index (κ1) is 26.4. The van der Waals surface area contributed by atoms with Crippen molar-refractivity contribution in [2.75, 3.05) is 20.3 Å². The summed E-state index contributed by atoms with van der Waals surface area (Å²) in [6.45, 7) is -0.0303. The van der Waals surface area contributed by atoms with E-state index in [4.69, 9.17) is 14.2 Å². The van der Waals surface area contributed by atoms with E-state index < -0.39 is 23.9 Å². The van der Waals surface area contributed by atoms with Crippen LogP contribution in [0.15, 0.2) is 60.7 Å². The van der Waals surface area contributed by atoms with Crippen LogP contribution in [-0.2, 0) is 23.9 Å². The molecule has 1 N–H and O–H groups in total. The second kappa shape index (κ2) is 15.0. The Morgan fingerprint density at radius 2 is 1.44 bits per heavy atom. The number of carbonyl (C=O) groups is 4. The van der Waals surface area contributed by atoms with Crippen LogP contribution in [0.2, 0.25) is 0 Å². The summed E-state index contributed by atoms with van der Waals surface area (Å²) in [6, 6.07) is 17.3. The van der Waals surface area contributed by atoms with E-state index >= 15 is 0 Å². The van der Waals surface area contributed by atoms with Crippen LogP contribution in [0.4, 0.5) is 4.79 Å². The number of amides is 1. The zero-order chi connectivity index (χ0) is 24.6. The molecule has 34 heavy (non-hydrogen) atoms. The minimum Gasteiger partial charge on any atom is -0.469 e. The molecule has 2 aromatic carbocycles. The first-order chi connectivity index (χ1) is 16.5. The maximum absolute atomic E-state index is 12.4. The smallest absolute Gasteiger partial charge is 0.412 e. The highest BCUT2D eigenvalue weighted by Gasteiger charge is 2.24. The predicted molar refractivity (Wildman–Crippen MR) is 122 cm³/mol. The molecular weight excluding hydrogens is 442 g/mol. The van der Waals surface area contributed by atoms with Gasteiger partial charge in [0.05, 0.1) is 26.0 Å². The molecular formula is C25H29NO8. The highest BCUT2D eigenvalue weighted by atomic mass is 16.6. The number of hydrogen-bond acceptors (Lipinski definition) is 8. The SMILES string of the molecule is COC(=O)CC(CCCCC(=O)Oc1ccccc1)C(=O)OCCNC(=O)Oc1ccccc1. The van der Waals surface area contributed by atoms with Crippen LogP contribution in [0.1, 0.15) is 32.1 Å². The van der Waals surface area contributed by atoms with Crippen molar-refractivity contribution in [1.82, 2.24) is 5.32 Å². The van der Waals surface area contributed by atoms with E-state index in [-0.39, 0.29) is 32.0 Å². The van der Waals surface area contributed by atoms with Gasteiger partial charge in [-0.15, -0.1) is 0 Å². The Morgan fingerprint density at radius 3 is 2.06 bits per heavy atom. The van der Waals surface area contributed by atoms with E-state index in [1.165, 1.54) is 7.11 Å². The lowest BCUT2D eigenvalue weighted by Crippen LogP contribution is -2.31. The van der Waals surface area contributed by atoms with Crippen LogP contribution in [0.3, 0.4) is 0 Å². The molecule has 0 aliphatic carbocycles. The van der Waals surface area contributed by atoms with Gasteiger partial charge in [0.1, 0.15) is 18.1 Å². The van der Waals surface area contributed by atoms with Crippen molar-refractivity contribution in [3.05, 3.63) is 60.7 Å². The predicted octanol–water partition coefficient (Wildman–Crippen LogP) is 3.66. The van der Waals surface area contributed by atoms with Crippen LogP contribution in [0.5, 0.6) is 11.5 Å². The molecule has 9 heteroatoms. The third kappa shape index (κ3) is 10.6. The molecule has 1 amide bonds. The number of para-hydroxylation sites is 2. The van der Waals surface area contributed by atoms with Crippen molar-refractivity contribution < 1.29 is 38.1 Å². The van der Waals surface area contributed by atoms with Crippen LogP contribution in [0, 0.1) is 5.92 Å². The summed E-state index contributed by atoms with van der Waals surface area (Å²) in [7, 11) is 1.24. The number of rotatable bonds is 13. The summed E-state index contributed by atoms with van der Waals surface area (Å²) in [5, 5.41) is 2.48. The number of benzene rings is 2. The zero-order valence-corrected chi connectivity index (χ0v) is 19.1. The van der Waals surface area contributed by atoms with E-state index in [1.54, 1.807) is 54.6 Å². The standard InChI is InChI=1S/C25H29NO8/c1-31-23(28)18-19(10-8-9-15-22(27)33-20-11-4-2-5-12-20)24(29)32-17-16-26-25(30)34-21-13-6-3-7-14-21/h2-7,11-14,19H,8-10,15-18H2,1H3,(H,26,30). The Balaban J connectivity index is 1.69. The molecule has 9 nitrogen and oxygen atoms in total. The molecule has 0 bridgehead atoms. The van der Waals surface area contributed by atoms with Gasteiger partial charge in [0, 0.05) is 6.42 Å². The lowest BCUT2D eigenvalue weighted by Gasteiger charge is -2.15. The van der Waals surface area contributed by atoms with E-state index in [2.05, 4.69) is 10.1 Å². The van der Waals surface area contributed by atoms with Gasteiger partial charge in [-0.1, -0.05) is 42.8 Å². The van der Waals surface area contributed by atoms with Gasteiger partial charge in [-0.2, -0.15) is 0 Å². The second-order valence-corrected chi connectivity index (χ2v) is 7.31. The van der Waals surface area contributed by atoms with Gasteiger partial charge in [-0.25, -0.2) is 4.79 Å². The summed E-state index contributed by atoms with van der Waals surface area (Å²) in [6.07, 6.45) is 0.730. The molecule has 182 valence electrons. The average Bonchev–Trinajstić information content (AvgIpc) is 2.84.